The summed E-state index contributed by atoms with van der Waals surface area (Å²) in [7, 11) is 6.05. The van der Waals surface area contributed by atoms with Crippen LogP contribution in [-0.2, 0) is 7.05 Å². The third-order valence-electron chi connectivity index (χ3n) is 3.98. The number of nitrogens with one attached hydrogen (secondary N) is 1. The summed E-state index contributed by atoms with van der Waals surface area (Å²) in [5, 5.41) is 7.71. The zero-order valence-electron chi connectivity index (χ0n) is 15.0. The monoisotopic (exact) mass is 337 g/mol. The molecule has 3 rings (SSSR count). The molecule has 0 radical (unpaired) electrons. The van der Waals surface area contributed by atoms with Gasteiger partial charge in [0.1, 0.15) is 5.82 Å². The van der Waals surface area contributed by atoms with Crippen LogP contribution < -0.4 is 5.32 Å². The molecule has 0 aliphatic heterocycles. The highest BCUT2D eigenvalue weighted by Crippen LogP contribution is 2.20. The molecular formula is C18H23N7. The van der Waals surface area contributed by atoms with Gasteiger partial charge in [0.05, 0.1) is 12.2 Å². The van der Waals surface area contributed by atoms with Crippen molar-refractivity contribution in [3.8, 4) is 11.4 Å². The third-order valence-corrected chi connectivity index (χ3v) is 3.98. The van der Waals surface area contributed by atoms with Gasteiger partial charge >= 0.3 is 0 Å². The summed E-state index contributed by atoms with van der Waals surface area (Å²) in [5.74, 6) is 1.49. The van der Waals surface area contributed by atoms with Gasteiger partial charge in [-0.3, -0.25) is 9.67 Å². The van der Waals surface area contributed by atoms with Gasteiger partial charge in [-0.2, -0.15) is 5.10 Å². The number of anilines is 1. The van der Waals surface area contributed by atoms with Gasteiger partial charge in [-0.15, -0.1) is 0 Å². The van der Waals surface area contributed by atoms with Crippen LogP contribution in [0.2, 0.25) is 0 Å². The summed E-state index contributed by atoms with van der Waals surface area (Å²) in [6.07, 6.45) is 7.46. The SMILES string of the molecule is Cc1cc(NCC(c2cnn(C)c2)N(C)C)nc(-c2cccnc2)n1. The van der Waals surface area contributed by atoms with Gasteiger partial charge in [-0.1, -0.05) is 0 Å². The molecule has 0 aromatic carbocycles. The number of pyridine rings is 1. The lowest BCUT2D eigenvalue weighted by atomic mass is 10.1. The Morgan fingerprint density at radius 2 is 2.08 bits per heavy atom. The molecule has 0 saturated carbocycles. The van der Waals surface area contributed by atoms with Crippen molar-refractivity contribution < 1.29 is 0 Å². The maximum Gasteiger partial charge on any atom is 0.163 e. The Morgan fingerprint density at radius 3 is 2.72 bits per heavy atom. The highest BCUT2D eigenvalue weighted by atomic mass is 15.2. The maximum atomic E-state index is 4.63. The maximum absolute atomic E-state index is 4.63. The molecule has 130 valence electrons. The van der Waals surface area contributed by atoms with Gasteiger partial charge in [0.15, 0.2) is 5.82 Å². The minimum Gasteiger partial charge on any atom is -0.368 e. The highest BCUT2D eigenvalue weighted by Gasteiger charge is 2.16. The predicted octanol–water partition coefficient (Wildman–Crippen LogP) is 2.30. The lowest BCUT2D eigenvalue weighted by molar-refractivity contribution is 0.311. The van der Waals surface area contributed by atoms with E-state index >= 15 is 0 Å². The van der Waals surface area contributed by atoms with Crippen LogP contribution in [0.5, 0.6) is 0 Å². The first kappa shape index (κ1) is 17.0. The Kier molecular flexibility index (Phi) is 5.04. The van der Waals surface area contributed by atoms with Crippen LogP contribution in [-0.4, -0.2) is 50.3 Å². The van der Waals surface area contributed by atoms with Crippen molar-refractivity contribution >= 4 is 5.82 Å². The molecule has 0 bridgehead atoms. The van der Waals surface area contributed by atoms with Crippen molar-refractivity contribution in [2.75, 3.05) is 26.0 Å². The fraction of sp³-hybridized carbons (Fsp3) is 0.333. The van der Waals surface area contributed by atoms with Gasteiger partial charge in [0.2, 0.25) is 0 Å². The van der Waals surface area contributed by atoms with E-state index in [1.807, 2.05) is 49.2 Å². The van der Waals surface area contributed by atoms with E-state index in [0.717, 1.165) is 23.6 Å². The molecular weight excluding hydrogens is 314 g/mol. The van der Waals surface area contributed by atoms with Crippen LogP contribution in [0.15, 0.2) is 43.0 Å². The van der Waals surface area contributed by atoms with E-state index in [1.165, 1.54) is 5.56 Å². The number of rotatable bonds is 6. The molecule has 3 aromatic heterocycles. The Bertz CT molecular complexity index is 826. The topological polar surface area (TPSA) is 71.8 Å². The molecule has 3 aromatic rings. The molecule has 0 fully saturated rings. The van der Waals surface area contributed by atoms with Gasteiger partial charge in [-0.25, -0.2) is 9.97 Å². The van der Waals surface area contributed by atoms with Crippen LogP contribution in [0.1, 0.15) is 17.3 Å². The first-order valence-corrected chi connectivity index (χ1v) is 8.18. The first-order valence-electron chi connectivity index (χ1n) is 8.18. The summed E-state index contributed by atoms with van der Waals surface area (Å²) in [6, 6.07) is 6.00. The third kappa shape index (κ3) is 4.19. The number of hydrogen-bond acceptors (Lipinski definition) is 6. The van der Waals surface area contributed by atoms with E-state index in [4.69, 9.17) is 0 Å². The van der Waals surface area contributed by atoms with Crippen LogP contribution in [0.3, 0.4) is 0 Å². The fourth-order valence-corrected chi connectivity index (χ4v) is 2.70. The Hall–Kier alpha value is -2.80. The van der Waals surface area contributed by atoms with E-state index in [9.17, 15) is 0 Å². The number of likely N-dealkylation sites (N-methyl/N-ethyl adjacent to an activating group) is 1. The van der Waals surface area contributed by atoms with Gasteiger partial charge in [0, 0.05) is 55.1 Å². The quantitative estimate of drug-likeness (QED) is 0.744. The van der Waals surface area contributed by atoms with Crippen molar-refractivity contribution in [1.29, 1.82) is 0 Å². The van der Waals surface area contributed by atoms with Crippen molar-refractivity contribution in [1.82, 2.24) is 29.6 Å². The number of aryl methyl sites for hydroxylation is 2. The molecule has 0 aliphatic rings. The lowest BCUT2D eigenvalue weighted by Gasteiger charge is -2.24. The smallest absolute Gasteiger partial charge is 0.163 e. The van der Waals surface area contributed by atoms with Crippen LogP contribution >= 0.6 is 0 Å². The van der Waals surface area contributed by atoms with E-state index in [2.05, 4.69) is 44.4 Å². The second-order valence-corrected chi connectivity index (χ2v) is 6.27. The van der Waals surface area contributed by atoms with Gasteiger partial charge in [-0.05, 0) is 33.2 Å². The second-order valence-electron chi connectivity index (χ2n) is 6.27. The summed E-state index contributed by atoms with van der Waals surface area (Å²) in [5.41, 5.74) is 2.99. The van der Waals surface area contributed by atoms with Gasteiger partial charge < -0.3 is 10.2 Å². The van der Waals surface area contributed by atoms with E-state index in [-0.39, 0.29) is 6.04 Å². The standard InChI is InChI=1S/C18H23N7/c1-13-8-17(23-18(22-13)14-6-5-7-19-9-14)20-11-16(24(2)3)15-10-21-25(4)12-15/h5-10,12,16H,11H2,1-4H3,(H,20,22,23). The zero-order valence-corrected chi connectivity index (χ0v) is 15.0. The number of nitrogens with zero attached hydrogens (tertiary/aromatic N) is 6. The van der Waals surface area contributed by atoms with E-state index < -0.39 is 0 Å². The summed E-state index contributed by atoms with van der Waals surface area (Å²) in [6.45, 7) is 2.69. The fourth-order valence-electron chi connectivity index (χ4n) is 2.70. The average molecular weight is 337 g/mol. The second kappa shape index (κ2) is 7.40. The number of aromatic nitrogens is 5. The molecule has 0 amide bonds. The summed E-state index contributed by atoms with van der Waals surface area (Å²) in [4.78, 5) is 15.5. The molecule has 3 heterocycles. The normalized spacial score (nSPS) is 12.4. The van der Waals surface area contributed by atoms with Crippen molar-refractivity contribution in [2.45, 2.75) is 13.0 Å². The van der Waals surface area contributed by atoms with E-state index in [1.54, 1.807) is 12.4 Å². The molecule has 0 saturated heterocycles. The van der Waals surface area contributed by atoms with E-state index in [0.29, 0.717) is 5.82 Å². The van der Waals surface area contributed by atoms with Crippen molar-refractivity contribution in [3.63, 3.8) is 0 Å². The van der Waals surface area contributed by atoms with Crippen LogP contribution in [0.4, 0.5) is 5.82 Å². The summed E-state index contributed by atoms with van der Waals surface area (Å²) >= 11 is 0. The Balaban J connectivity index is 1.79. The molecule has 25 heavy (non-hydrogen) atoms. The van der Waals surface area contributed by atoms with Gasteiger partial charge in [0.25, 0.3) is 0 Å². The molecule has 7 nitrogen and oxygen atoms in total. The predicted molar refractivity (Wildman–Crippen MR) is 98.1 cm³/mol. The molecule has 1 N–H and O–H groups in total. The van der Waals surface area contributed by atoms with Crippen molar-refractivity contribution in [3.05, 3.63) is 54.2 Å². The van der Waals surface area contributed by atoms with Crippen LogP contribution in [0.25, 0.3) is 11.4 Å². The Labute approximate surface area is 147 Å². The highest BCUT2D eigenvalue weighted by molar-refractivity contribution is 5.56. The first-order chi connectivity index (χ1) is 12.0. The zero-order chi connectivity index (χ0) is 17.8. The minimum atomic E-state index is 0.200. The molecule has 7 heteroatoms. The number of hydrogen-bond donors (Lipinski definition) is 1. The molecule has 0 aliphatic carbocycles. The Morgan fingerprint density at radius 1 is 1.24 bits per heavy atom. The minimum absolute atomic E-state index is 0.200. The molecule has 1 atom stereocenters. The van der Waals surface area contributed by atoms with Crippen molar-refractivity contribution in [2.24, 2.45) is 7.05 Å². The molecule has 1 unspecified atom stereocenters. The molecule has 0 spiro atoms. The summed E-state index contributed by atoms with van der Waals surface area (Å²) < 4.78 is 1.82. The van der Waals surface area contributed by atoms with Crippen LogP contribution in [0, 0.1) is 6.92 Å². The largest absolute Gasteiger partial charge is 0.368 e. The average Bonchev–Trinajstić information content (AvgIpc) is 3.01. The lowest BCUT2D eigenvalue weighted by Crippen LogP contribution is -2.27.